The zero-order valence-electron chi connectivity index (χ0n) is 17.3. The summed E-state index contributed by atoms with van der Waals surface area (Å²) in [5.41, 5.74) is 0. The maximum absolute atomic E-state index is 12.4. The summed E-state index contributed by atoms with van der Waals surface area (Å²) in [5.74, 6) is 1.39. The number of rotatable bonds is 9. The van der Waals surface area contributed by atoms with Crippen LogP contribution in [0.5, 0.6) is 0 Å². The van der Waals surface area contributed by atoms with Crippen molar-refractivity contribution in [1.29, 1.82) is 0 Å². The van der Waals surface area contributed by atoms with Gasteiger partial charge in [-0.05, 0) is 44.3 Å². The molecule has 0 aromatic carbocycles. The molecular formula is C20H36N6O. The Morgan fingerprint density at radius 3 is 2.41 bits per heavy atom. The summed E-state index contributed by atoms with van der Waals surface area (Å²) >= 11 is 0. The van der Waals surface area contributed by atoms with Crippen molar-refractivity contribution < 1.29 is 4.79 Å². The summed E-state index contributed by atoms with van der Waals surface area (Å²) in [7, 11) is 0. The van der Waals surface area contributed by atoms with Gasteiger partial charge in [0, 0.05) is 44.1 Å². The standard InChI is InChI=1S/C20H36N6O/c1-5-25(6-2)18(14-16(3)4)15-23-20(27)24-17-8-12-26(13-9-17)19-21-10-7-11-22-19/h7,10-11,16-18H,5-6,8-9,12-15H2,1-4H3,(H2,23,24,27)/t18-/m0/s1. The molecule has 2 N–H and O–H groups in total. The third-order valence-electron chi connectivity index (χ3n) is 5.24. The molecule has 1 atom stereocenters. The highest BCUT2D eigenvalue weighted by Crippen LogP contribution is 2.15. The number of aromatic nitrogens is 2. The Hall–Kier alpha value is -1.89. The Balaban J connectivity index is 1.75. The van der Waals surface area contributed by atoms with Crippen LogP contribution in [0.4, 0.5) is 10.7 Å². The lowest BCUT2D eigenvalue weighted by Gasteiger charge is -2.33. The van der Waals surface area contributed by atoms with Crippen molar-refractivity contribution in [3.63, 3.8) is 0 Å². The second-order valence-corrected chi connectivity index (χ2v) is 7.67. The number of nitrogens with one attached hydrogen (secondary N) is 2. The maximum Gasteiger partial charge on any atom is 0.315 e. The normalized spacial score (nSPS) is 16.6. The number of hydrogen-bond acceptors (Lipinski definition) is 5. The molecule has 152 valence electrons. The number of piperidine rings is 1. The summed E-state index contributed by atoms with van der Waals surface area (Å²) in [6, 6.07) is 2.38. The molecule has 1 saturated heterocycles. The zero-order valence-corrected chi connectivity index (χ0v) is 17.3. The SMILES string of the molecule is CCN(CC)[C@H](CNC(=O)NC1CCN(c2ncccn2)CC1)CC(C)C. The van der Waals surface area contributed by atoms with Crippen LogP contribution in [0.3, 0.4) is 0 Å². The first-order valence-corrected chi connectivity index (χ1v) is 10.3. The Morgan fingerprint density at radius 2 is 1.85 bits per heavy atom. The lowest BCUT2D eigenvalue weighted by molar-refractivity contribution is 0.183. The van der Waals surface area contributed by atoms with Crippen molar-refractivity contribution >= 4 is 12.0 Å². The number of carbonyl (C=O) groups excluding carboxylic acids is 1. The zero-order chi connectivity index (χ0) is 19.6. The second kappa shape index (κ2) is 11.1. The van der Waals surface area contributed by atoms with Gasteiger partial charge in [0.2, 0.25) is 5.95 Å². The first-order valence-electron chi connectivity index (χ1n) is 10.3. The van der Waals surface area contributed by atoms with Gasteiger partial charge in [-0.1, -0.05) is 27.7 Å². The van der Waals surface area contributed by atoms with Crippen LogP contribution in [0.25, 0.3) is 0 Å². The quantitative estimate of drug-likeness (QED) is 0.693. The van der Waals surface area contributed by atoms with E-state index in [1.165, 1.54) is 0 Å². The van der Waals surface area contributed by atoms with E-state index in [-0.39, 0.29) is 12.1 Å². The fourth-order valence-corrected chi connectivity index (χ4v) is 3.77. The van der Waals surface area contributed by atoms with Gasteiger partial charge in [-0.15, -0.1) is 0 Å². The molecule has 1 aromatic rings. The van der Waals surface area contributed by atoms with Crippen LogP contribution >= 0.6 is 0 Å². The number of hydrogen-bond donors (Lipinski definition) is 2. The van der Waals surface area contributed by atoms with E-state index in [1.807, 2.05) is 6.07 Å². The largest absolute Gasteiger partial charge is 0.341 e. The van der Waals surface area contributed by atoms with Crippen LogP contribution in [-0.4, -0.2) is 65.7 Å². The molecular weight excluding hydrogens is 340 g/mol. The topological polar surface area (TPSA) is 73.4 Å². The first kappa shape index (κ1) is 21.4. The summed E-state index contributed by atoms with van der Waals surface area (Å²) in [6.45, 7) is 13.3. The van der Waals surface area contributed by atoms with Gasteiger partial charge in [-0.25, -0.2) is 14.8 Å². The van der Waals surface area contributed by atoms with E-state index >= 15 is 0 Å². The highest BCUT2D eigenvalue weighted by molar-refractivity contribution is 5.74. The van der Waals surface area contributed by atoms with Crippen molar-refractivity contribution in [2.24, 2.45) is 5.92 Å². The lowest BCUT2D eigenvalue weighted by atomic mass is 10.0. The van der Waals surface area contributed by atoms with Crippen LogP contribution in [-0.2, 0) is 0 Å². The maximum atomic E-state index is 12.4. The molecule has 0 radical (unpaired) electrons. The van der Waals surface area contributed by atoms with Gasteiger partial charge in [0.1, 0.15) is 0 Å². The highest BCUT2D eigenvalue weighted by atomic mass is 16.2. The summed E-state index contributed by atoms with van der Waals surface area (Å²) in [4.78, 5) is 25.6. The van der Waals surface area contributed by atoms with Gasteiger partial charge in [-0.2, -0.15) is 0 Å². The monoisotopic (exact) mass is 376 g/mol. The molecule has 1 aromatic heterocycles. The predicted octanol–water partition coefficient (Wildman–Crippen LogP) is 2.50. The van der Waals surface area contributed by atoms with E-state index in [2.05, 4.69) is 58.1 Å². The minimum absolute atomic E-state index is 0.0506. The molecule has 7 heteroatoms. The van der Waals surface area contributed by atoms with Crippen LogP contribution in [0.15, 0.2) is 18.5 Å². The van der Waals surface area contributed by atoms with E-state index in [4.69, 9.17) is 0 Å². The van der Waals surface area contributed by atoms with Crippen molar-refractivity contribution in [1.82, 2.24) is 25.5 Å². The Bertz CT molecular complexity index is 541. The van der Waals surface area contributed by atoms with E-state index in [0.717, 1.165) is 51.4 Å². The van der Waals surface area contributed by atoms with Crippen molar-refractivity contribution in [3.05, 3.63) is 18.5 Å². The lowest BCUT2D eigenvalue weighted by Crippen LogP contribution is -2.51. The van der Waals surface area contributed by atoms with E-state index in [0.29, 0.717) is 18.5 Å². The molecule has 0 aliphatic carbocycles. The minimum Gasteiger partial charge on any atom is -0.341 e. The average molecular weight is 377 g/mol. The summed E-state index contributed by atoms with van der Waals surface area (Å²) in [5, 5.41) is 6.24. The number of anilines is 1. The number of nitrogens with zero attached hydrogens (tertiary/aromatic N) is 4. The third kappa shape index (κ3) is 6.97. The van der Waals surface area contributed by atoms with E-state index in [9.17, 15) is 4.79 Å². The number of carbonyl (C=O) groups is 1. The van der Waals surface area contributed by atoms with Crippen molar-refractivity contribution in [2.75, 3.05) is 37.6 Å². The van der Waals surface area contributed by atoms with Crippen LogP contribution in [0, 0.1) is 5.92 Å². The number of likely N-dealkylation sites (N-methyl/N-ethyl adjacent to an activating group) is 1. The molecule has 0 bridgehead atoms. The molecule has 2 heterocycles. The van der Waals surface area contributed by atoms with Crippen LogP contribution in [0.1, 0.15) is 47.0 Å². The molecule has 1 fully saturated rings. The Kier molecular flexibility index (Phi) is 8.78. The van der Waals surface area contributed by atoms with Gasteiger partial charge in [0.05, 0.1) is 0 Å². The van der Waals surface area contributed by atoms with Gasteiger partial charge in [0.15, 0.2) is 0 Å². The molecule has 7 nitrogen and oxygen atoms in total. The molecule has 1 aliphatic rings. The third-order valence-corrected chi connectivity index (χ3v) is 5.24. The molecule has 0 unspecified atom stereocenters. The van der Waals surface area contributed by atoms with E-state index < -0.39 is 0 Å². The fourth-order valence-electron chi connectivity index (χ4n) is 3.77. The molecule has 2 amide bonds. The first-order chi connectivity index (χ1) is 13.0. The van der Waals surface area contributed by atoms with E-state index in [1.54, 1.807) is 12.4 Å². The van der Waals surface area contributed by atoms with Gasteiger partial charge in [0.25, 0.3) is 0 Å². The predicted molar refractivity (Wildman–Crippen MR) is 110 cm³/mol. The summed E-state index contributed by atoms with van der Waals surface area (Å²) in [6.07, 6.45) is 6.46. The minimum atomic E-state index is -0.0506. The van der Waals surface area contributed by atoms with Gasteiger partial charge < -0.3 is 15.5 Å². The number of amides is 2. The molecule has 1 aliphatic heterocycles. The molecule has 0 saturated carbocycles. The Morgan fingerprint density at radius 1 is 1.22 bits per heavy atom. The van der Waals surface area contributed by atoms with Gasteiger partial charge in [-0.3, -0.25) is 4.90 Å². The average Bonchev–Trinajstić information content (AvgIpc) is 2.68. The summed E-state index contributed by atoms with van der Waals surface area (Å²) < 4.78 is 0. The highest BCUT2D eigenvalue weighted by Gasteiger charge is 2.23. The Labute approximate surface area is 163 Å². The molecule has 27 heavy (non-hydrogen) atoms. The van der Waals surface area contributed by atoms with Crippen molar-refractivity contribution in [3.8, 4) is 0 Å². The number of urea groups is 1. The van der Waals surface area contributed by atoms with Gasteiger partial charge >= 0.3 is 6.03 Å². The van der Waals surface area contributed by atoms with Crippen LogP contribution in [0.2, 0.25) is 0 Å². The fraction of sp³-hybridized carbons (Fsp3) is 0.750. The smallest absolute Gasteiger partial charge is 0.315 e. The second-order valence-electron chi connectivity index (χ2n) is 7.67. The van der Waals surface area contributed by atoms with Crippen molar-refractivity contribution in [2.45, 2.75) is 59.0 Å². The van der Waals surface area contributed by atoms with Crippen LogP contribution < -0.4 is 15.5 Å². The molecule has 0 spiro atoms. The molecule has 2 rings (SSSR count).